The standard InChI is InChI=1S/C13H15F3N2O/c1-2-3-4-12(19)18-11-6-9(8-17)5-10(7-11)13(14,15)16/h2,5-7H,1,3-4,8,17H2,(H,18,19). The molecule has 0 aliphatic rings. The Morgan fingerprint density at radius 1 is 1.37 bits per heavy atom. The van der Waals surface area contributed by atoms with Gasteiger partial charge in [-0.2, -0.15) is 13.2 Å². The maximum Gasteiger partial charge on any atom is 0.416 e. The molecule has 0 saturated carbocycles. The van der Waals surface area contributed by atoms with Gasteiger partial charge in [-0.3, -0.25) is 4.79 Å². The summed E-state index contributed by atoms with van der Waals surface area (Å²) in [6.07, 6.45) is -2.25. The van der Waals surface area contributed by atoms with E-state index in [2.05, 4.69) is 11.9 Å². The van der Waals surface area contributed by atoms with Crippen LogP contribution in [0.15, 0.2) is 30.9 Å². The number of rotatable bonds is 5. The first-order valence-corrected chi connectivity index (χ1v) is 5.68. The van der Waals surface area contributed by atoms with E-state index in [0.717, 1.165) is 12.1 Å². The smallest absolute Gasteiger partial charge is 0.326 e. The highest BCUT2D eigenvalue weighted by Gasteiger charge is 2.31. The molecule has 0 bridgehead atoms. The van der Waals surface area contributed by atoms with E-state index in [1.807, 2.05) is 0 Å². The highest BCUT2D eigenvalue weighted by molar-refractivity contribution is 5.91. The lowest BCUT2D eigenvalue weighted by Crippen LogP contribution is -2.13. The lowest BCUT2D eigenvalue weighted by Gasteiger charge is -2.12. The van der Waals surface area contributed by atoms with E-state index in [9.17, 15) is 18.0 Å². The lowest BCUT2D eigenvalue weighted by molar-refractivity contribution is -0.137. The molecule has 1 aromatic rings. The molecule has 0 fully saturated rings. The number of allylic oxidation sites excluding steroid dienone is 1. The van der Waals surface area contributed by atoms with Crippen LogP contribution in [0.3, 0.4) is 0 Å². The van der Waals surface area contributed by atoms with Crippen LogP contribution in [0.1, 0.15) is 24.0 Å². The largest absolute Gasteiger partial charge is 0.416 e. The fourth-order valence-electron chi connectivity index (χ4n) is 1.50. The summed E-state index contributed by atoms with van der Waals surface area (Å²) in [4.78, 5) is 11.5. The van der Waals surface area contributed by atoms with Crippen molar-refractivity contribution in [3.8, 4) is 0 Å². The number of hydrogen-bond acceptors (Lipinski definition) is 2. The molecule has 1 rings (SSSR count). The number of alkyl halides is 3. The predicted octanol–water partition coefficient (Wildman–Crippen LogP) is 3.07. The number of carbonyl (C=O) groups excluding carboxylic acids is 1. The second-order valence-electron chi connectivity index (χ2n) is 4.00. The summed E-state index contributed by atoms with van der Waals surface area (Å²) < 4.78 is 38.0. The molecule has 0 spiro atoms. The van der Waals surface area contributed by atoms with Gasteiger partial charge < -0.3 is 11.1 Å². The maximum atomic E-state index is 12.7. The summed E-state index contributed by atoms with van der Waals surface area (Å²) in [5, 5.41) is 2.42. The number of nitrogens with two attached hydrogens (primary N) is 1. The second kappa shape index (κ2) is 6.38. The van der Waals surface area contributed by atoms with Gasteiger partial charge in [-0.1, -0.05) is 6.08 Å². The van der Waals surface area contributed by atoms with Gasteiger partial charge in [0.1, 0.15) is 0 Å². The Bertz CT molecular complexity index is 469. The predicted molar refractivity (Wildman–Crippen MR) is 67.4 cm³/mol. The normalized spacial score (nSPS) is 11.2. The van der Waals surface area contributed by atoms with Crippen molar-refractivity contribution in [2.24, 2.45) is 5.73 Å². The van der Waals surface area contributed by atoms with Crippen LogP contribution in [-0.4, -0.2) is 5.91 Å². The van der Waals surface area contributed by atoms with Crippen molar-refractivity contribution >= 4 is 11.6 Å². The summed E-state index contributed by atoms with van der Waals surface area (Å²) in [7, 11) is 0. The van der Waals surface area contributed by atoms with Gasteiger partial charge in [0.2, 0.25) is 5.91 Å². The van der Waals surface area contributed by atoms with E-state index in [4.69, 9.17) is 5.73 Å². The van der Waals surface area contributed by atoms with Crippen LogP contribution in [0.4, 0.5) is 18.9 Å². The first kappa shape index (κ1) is 15.2. The molecule has 0 radical (unpaired) electrons. The summed E-state index contributed by atoms with van der Waals surface area (Å²) in [6.45, 7) is 3.44. The molecule has 3 nitrogen and oxygen atoms in total. The highest BCUT2D eigenvalue weighted by Crippen LogP contribution is 2.32. The van der Waals surface area contributed by atoms with Crippen molar-refractivity contribution in [1.29, 1.82) is 0 Å². The van der Waals surface area contributed by atoms with Crippen LogP contribution in [0.5, 0.6) is 0 Å². The van der Waals surface area contributed by atoms with Crippen molar-refractivity contribution in [2.45, 2.75) is 25.6 Å². The van der Waals surface area contributed by atoms with Crippen LogP contribution >= 0.6 is 0 Å². The molecule has 0 heterocycles. The minimum atomic E-state index is -4.47. The van der Waals surface area contributed by atoms with E-state index < -0.39 is 11.7 Å². The molecular formula is C13H15F3N2O. The van der Waals surface area contributed by atoms with Crippen LogP contribution < -0.4 is 11.1 Å². The number of amides is 1. The SMILES string of the molecule is C=CCCC(=O)Nc1cc(CN)cc(C(F)(F)F)c1. The molecule has 0 aliphatic carbocycles. The molecule has 0 aliphatic heterocycles. The summed E-state index contributed by atoms with van der Waals surface area (Å²) in [5.41, 5.74) is 4.94. The average molecular weight is 272 g/mol. The minimum absolute atomic E-state index is 0.0283. The Kier molecular flexibility index (Phi) is 5.11. The molecule has 0 aromatic heterocycles. The molecule has 0 unspecified atom stereocenters. The van der Waals surface area contributed by atoms with E-state index in [0.29, 0.717) is 12.0 Å². The third-order valence-corrected chi connectivity index (χ3v) is 2.42. The third-order valence-electron chi connectivity index (χ3n) is 2.42. The third kappa shape index (κ3) is 4.75. The zero-order chi connectivity index (χ0) is 14.5. The van der Waals surface area contributed by atoms with Gasteiger partial charge >= 0.3 is 6.18 Å². The van der Waals surface area contributed by atoms with Gasteiger partial charge in [-0.05, 0) is 30.2 Å². The van der Waals surface area contributed by atoms with Crippen LogP contribution in [0.2, 0.25) is 0 Å². The van der Waals surface area contributed by atoms with E-state index in [1.54, 1.807) is 6.08 Å². The summed E-state index contributed by atoms with van der Waals surface area (Å²) in [5.74, 6) is -0.359. The fourth-order valence-corrected chi connectivity index (χ4v) is 1.50. The van der Waals surface area contributed by atoms with Crippen LogP contribution in [-0.2, 0) is 17.5 Å². The zero-order valence-electron chi connectivity index (χ0n) is 10.3. The Balaban J connectivity index is 2.94. The quantitative estimate of drug-likeness (QED) is 0.809. The van der Waals surface area contributed by atoms with Crippen LogP contribution in [0, 0.1) is 0 Å². The molecule has 0 atom stereocenters. The zero-order valence-corrected chi connectivity index (χ0v) is 10.3. The van der Waals surface area contributed by atoms with Gasteiger partial charge in [0.25, 0.3) is 0 Å². The van der Waals surface area contributed by atoms with Gasteiger partial charge in [-0.25, -0.2) is 0 Å². The van der Waals surface area contributed by atoms with Gasteiger partial charge in [0, 0.05) is 18.7 Å². The van der Waals surface area contributed by atoms with Crippen LogP contribution in [0.25, 0.3) is 0 Å². The fraction of sp³-hybridized carbons (Fsp3) is 0.308. The van der Waals surface area contributed by atoms with E-state index in [-0.39, 0.29) is 24.6 Å². The van der Waals surface area contributed by atoms with Gasteiger partial charge in [0.15, 0.2) is 0 Å². The highest BCUT2D eigenvalue weighted by atomic mass is 19.4. The molecule has 104 valence electrons. The van der Waals surface area contributed by atoms with Crippen molar-refractivity contribution < 1.29 is 18.0 Å². The second-order valence-corrected chi connectivity index (χ2v) is 4.00. The Morgan fingerprint density at radius 2 is 2.05 bits per heavy atom. The monoisotopic (exact) mass is 272 g/mol. The number of benzene rings is 1. The Hall–Kier alpha value is -1.82. The topological polar surface area (TPSA) is 55.1 Å². The number of carbonyl (C=O) groups is 1. The molecule has 1 aromatic carbocycles. The lowest BCUT2D eigenvalue weighted by atomic mass is 10.1. The number of anilines is 1. The summed E-state index contributed by atoms with van der Waals surface area (Å²) >= 11 is 0. The first-order chi connectivity index (χ1) is 8.86. The molecule has 0 saturated heterocycles. The summed E-state index contributed by atoms with van der Waals surface area (Å²) in [6, 6.07) is 3.30. The van der Waals surface area contributed by atoms with Crippen molar-refractivity contribution in [3.05, 3.63) is 42.0 Å². The average Bonchev–Trinajstić information content (AvgIpc) is 2.34. The molecule has 6 heteroatoms. The molecular weight excluding hydrogens is 257 g/mol. The van der Waals surface area contributed by atoms with Gasteiger partial charge in [0.05, 0.1) is 5.56 Å². The molecule has 3 N–H and O–H groups in total. The van der Waals surface area contributed by atoms with Crippen molar-refractivity contribution in [1.82, 2.24) is 0 Å². The van der Waals surface area contributed by atoms with Crippen molar-refractivity contribution in [2.75, 3.05) is 5.32 Å². The number of nitrogens with one attached hydrogen (secondary N) is 1. The first-order valence-electron chi connectivity index (χ1n) is 5.68. The molecule has 1 amide bonds. The Labute approximate surface area is 109 Å². The van der Waals surface area contributed by atoms with E-state index >= 15 is 0 Å². The number of hydrogen-bond donors (Lipinski definition) is 2. The maximum absolute atomic E-state index is 12.7. The minimum Gasteiger partial charge on any atom is -0.326 e. The van der Waals surface area contributed by atoms with Gasteiger partial charge in [-0.15, -0.1) is 6.58 Å². The van der Waals surface area contributed by atoms with Crippen molar-refractivity contribution in [3.63, 3.8) is 0 Å². The number of halogens is 3. The van der Waals surface area contributed by atoms with E-state index in [1.165, 1.54) is 6.07 Å². The Morgan fingerprint density at radius 3 is 2.58 bits per heavy atom. The molecule has 19 heavy (non-hydrogen) atoms.